The van der Waals surface area contributed by atoms with E-state index < -0.39 is 17.1 Å². The third-order valence-corrected chi connectivity index (χ3v) is 9.95. The number of aryl methyl sites for hydroxylation is 1. The molecule has 2 bridgehead atoms. The highest BCUT2D eigenvalue weighted by atomic mass is 16.6. The Morgan fingerprint density at radius 3 is 2.77 bits per heavy atom. The summed E-state index contributed by atoms with van der Waals surface area (Å²) in [5.41, 5.74) is 2.79. The molecule has 2 heterocycles. The number of ether oxygens (including phenoxy) is 3. The Labute approximate surface area is 255 Å². The van der Waals surface area contributed by atoms with E-state index in [-0.39, 0.29) is 29.9 Å². The zero-order valence-corrected chi connectivity index (χ0v) is 25.9. The van der Waals surface area contributed by atoms with Crippen LogP contribution in [0.3, 0.4) is 0 Å². The highest BCUT2D eigenvalue weighted by Gasteiger charge is 2.75. The monoisotopic (exact) mass is 582 g/mol. The van der Waals surface area contributed by atoms with Gasteiger partial charge in [-0.3, -0.25) is 14.5 Å². The maximum atomic E-state index is 14.0. The van der Waals surface area contributed by atoms with E-state index in [0.29, 0.717) is 31.7 Å². The molecule has 1 saturated carbocycles. The molecule has 2 aromatic rings. The molecule has 7 nitrogen and oxygen atoms in total. The Morgan fingerprint density at radius 2 is 2.07 bits per heavy atom. The molecule has 7 heteroatoms. The van der Waals surface area contributed by atoms with Crippen LogP contribution in [-0.4, -0.2) is 72.2 Å². The Bertz CT molecular complexity index is 1520. The minimum Gasteiger partial charge on any atom is -0.493 e. The van der Waals surface area contributed by atoms with Crippen LogP contribution >= 0.6 is 0 Å². The highest BCUT2D eigenvalue weighted by Crippen LogP contribution is 2.67. The fraction of sp³-hybridized carbons (Fsp3) is 0.500. The third kappa shape index (κ3) is 4.53. The normalized spacial score (nSPS) is 28.2. The first-order valence-corrected chi connectivity index (χ1v) is 15.5. The van der Waals surface area contributed by atoms with Crippen molar-refractivity contribution in [2.45, 2.75) is 82.6 Å². The molecule has 1 amide bonds. The van der Waals surface area contributed by atoms with Crippen molar-refractivity contribution in [2.75, 3.05) is 26.7 Å². The van der Waals surface area contributed by atoms with Gasteiger partial charge in [-0.1, -0.05) is 44.0 Å². The van der Waals surface area contributed by atoms with Crippen molar-refractivity contribution >= 4 is 11.9 Å². The standard InChI is InChI=1S/C36H42N2O5/c1-7-18-37-19-17-35-32-27-12-13-29(41-6)33(32)42-34(35)28(15-16-36(35,30(37)21-27)43-25(5)39)38(22-23(2)3)31(40)14-11-26-10-8-9-24(4)20-26/h7-10,12-13,20,23,28,30,34H,1,15-19,21-22H2,2-6H3/t28-,30+,34-,35-,36+/m0/s1. The van der Waals surface area contributed by atoms with Gasteiger partial charge in [0.15, 0.2) is 11.5 Å². The lowest BCUT2D eigenvalue weighted by atomic mass is 9.48. The van der Waals surface area contributed by atoms with Gasteiger partial charge in [-0.05, 0) is 67.9 Å². The minimum atomic E-state index is -0.800. The summed E-state index contributed by atoms with van der Waals surface area (Å²) < 4.78 is 19.4. The lowest BCUT2D eigenvalue weighted by Gasteiger charge is -2.65. The lowest BCUT2D eigenvalue weighted by Crippen LogP contribution is -2.79. The van der Waals surface area contributed by atoms with Crippen LogP contribution in [-0.2, 0) is 26.2 Å². The van der Waals surface area contributed by atoms with Gasteiger partial charge in [0, 0.05) is 43.6 Å². The summed E-state index contributed by atoms with van der Waals surface area (Å²) in [6.07, 6.45) is 4.25. The van der Waals surface area contributed by atoms with E-state index in [1.165, 1.54) is 12.5 Å². The fourth-order valence-electron chi connectivity index (χ4n) is 8.58. The maximum Gasteiger partial charge on any atom is 0.303 e. The molecule has 2 aliphatic carbocycles. The predicted octanol–water partition coefficient (Wildman–Crippen LogP) is 4.82. The average Bonchev–Trinajstić information content (AvgIpc) is 3.31. The fourth-order valence-corrected chi connectivity index (χ4v) is 8.58. The second kappa shape index (κ2) is 11.1. The number of likely N-dealkylation sites (tertiary alicyclic amines) is 1. The minimum absolute atomic E-state index is 0.0302. The number of hydrogen-bond acceptors (Lipinski definition) is 6. The molecule has 0 N–H and O–H groups in total. The van der Waals surface area contributed by atoms with Gasteiger partial charge < -0.3 is 19.1 Å². The number of amides is 1. The van der Waals surface area contributed by atoms with Crippen molar-refractivity contribution in [1.82, 2.24) is 9.80 Å². The molecule has 0 aromatic heterocycles. The van der Waals surface area contributed by atoms with E-state index >= 15 is 0 Å². The molecule has 6 rings (SSSR count). The van der Waals surface area contributed by atoms with Crippen LogP contribution < -0.4 is 9.47 Å². The van der Waals surface area contributed by atoms with Crippen molar-refractivity contribution in [1.29, 1.82) is 0 Å². The summed E-state index contributed by atoms with van der Waals surface area (Å²) in [5, 5.41) is 0. The lowest BCUT2D eigenvalue weighted by molar-refractivity contribution is -0.223. The highest BCUT2D eigenvalue weighted by molar-refractivity contribution is 5.94. The summed E-state index contributed by atoms with van der Waals surface area (Å²) >= 11 is 0. The molecule has 226 valence electrons. The van der Waals surface area contributed by atoms with Gasteiger partial charge in [-0.2, -0.15) is 0 Å². The molecule has 2 fully saturated rings. The molecule has 2 aliphatic heterocycles. The van der Waals surface area contributed by atoms with Crippen LogP contribution in [0, 0.1) is 24.7 Å². The maximum absolute atomic E-state index is 14.0. The summed E-state index contributed by atoms with van der Waals surface area (Å²) in [7, 11) is 1.66. The first-order chi connectivity index (χ1) is 20.6. The van der Waals surface area contributed by atoms with Crippen molar-refractivity contribution in [3.8, 4) is 23.3 Å². The number of piperidine rings is 1. The van der Waals surface area contributed by atoms with Crippen molar-refractivity contribution < 1.29 is 23.8 Å². The topological polar surface area (TPSA) is 68.3 Å². The number of hydrogen-bond donors (Lipinski definition) is 0. The number of rotatable bonds is 7. The number of nitrogens with zero attached hydrogens (tertiary/aromatic N) is 2. The zero-order valence-electron chi connectivity index (χ0n) is 25.9. The van der Waals surface area contributed by atoms with E-state index in [2.05, 4.69) is 43.2 Å². The van der Waals surface area contributed by atoms with Crippen molar-refractivity contribution in [3.05, 3.63) is 71.3 Å². The predicted molar refractivity (Wildman–Crippen MR) is 165 cm³/mol. The zero-order chi connectivity index (χ0) is 30.5. The molecule has 1 spiro atoms. The van der Waals surface area contributed by atoms with E-state index in [0.717, 1.165) is 41.8 Å². The molecule has 2 aromatic carbocycles. The van der Waals surface area contributed by atoms with Crippen molar-refractivity contribution in [3.63, 3.8) is 0 Å². The van der Waals surface area contributed by atoms with Crippen molar-refractivity contribution in [2.24, 2.45) is 5.92 Å². The van der Waals surface area contributed by atoms with Crippen LogP contribution in [0.25, 0.3) is 0 Å². The van der Waals surface area contributed by atoms with Gasteiger partial charge in [0.25, 0.3) is 5.91 Å². The van der Waals surface area contributed by atoms with Crippen LogP contribution in [0.1, 0.15) is 62.3 Å². The SMILES string of the molecule is C=CCN1CC[C@]23c4c5ccc(OC)c4O[C@H]2[C@@H](N(CC(C)C)C(=O)C#Cc2cccc(C)c2)CC[C@@]3(OC(C)=O)[C@H]1C5. The molecular formula is C36H42N2O5. The molecular weight excluding hydrogens is 540 g/mol. The second-order valence-electron chi connectivity index (χ2n) is 13.0. The van der Waals surface area contributed by atoms with Crippen LogP contribution in [0.2, 0.25) is 0 Å². The number of carbonyl (C=O) groups excluding carboxylic acids is 2. The average molecular weight is 583 g/mol. The molecule has 0 unspecified atom stereocenters. The largest absolute Gasteiger partial charge is 0.493 e. The van der Waals surface area contributed by atoms with E-state index in [1.807, 2.05) is 48.2 Å². The number of methoxy groups -OCH3 is 1. The van der Waals surface area contributed by atoms with Crippen LogP contribution in [0.4, 0.5) is 0 Å². The quantitative estimate of drug-likeness (QED) is 0.265. The molecule has 4 aliphatic rings. The molecule has 0 radical (unpaired) electrons. The summed E-state index contributed by atoms with van der Waals surface area (Å²) in [5.74, 6) is 7.20. The van der Waals surface area contributed by atoms with Gasteiger partial charge >= 0.3 is 5.97 Å². The Kier molecular flexibility index (Phi) is 7.54. The summed E-state index contributed by atoms with van der Waals surface area (Å²) in [6.45, 7) is 13.9. The third-order valence-electron chi connectivity index (χ3n) is 9.95. The Hall–Kier alpha value is -3.76. The van der Waals surface area contributed by atoms with Gasteiger partial charge in [0.2, 0.25) is 0 Å². The van der Waals surface area contributed by atoms with E-state index in [1.54, 1.807) is 7.11 Å². The Morgan fingerprint density at radius 1 is 1.26 bits per heavy atom. The number of carbonyl (C=O) groups is 2. The van der Waals surface area contributed by atoms with Crippen LogP contribution in [0.15, 0.2) is 49.1 Å². The van der Waals surface area contributed by atoms with E-state index in [4.69, 9.17) is 14.2 Å². The van der Waals surface area contributed by atoms with Gasteiger partial charge in [0.05, 0.1) is 24.6 Å². The molecule has 1 saturated heterocycles. The first kappa shape index (κ1) is 29.3. The Balaban J connectivity index is 1.49. The summed E-state index contributed by atoms with van der Waals surface area (Å²) in [4.78, 5) is 31.3. The van der Waals surface area contributed by atoms with Gasteiger partial charge in [-0.25, -0.2) is 0 Å². The van der Waals surface area contributed by atoms with E-state index in [9.17, 15) is 9.59 Å². The molecule has 5 atom stereocenters. The summed E-state index contributed by atoms with van der Waals surface area (Å²) in [6, 6.07) is 11.7. The second-order valence-corrected chi connectivity index (χ2v) is 13.0. The van der Waals surface area contributed by atoms with Gasteiger partial charge in [-0.15, -0.1) is 6.58 Å². The molecule has 43 heavy (non-hydrogen) atoms. The first-order valence-electron chi connectivity index (χ1n) is 15.5. The van der Waals surface area contributed by atoms with Gasteiger partial charge in [0.1, 0.15) is 11.7 Å². The number of benzene rings is 2. The van der Waals surface area contributed by atoms with Crippen LogP contribution in [0.5, 0.6) is 11.5 Å². The number of esters is 1. The smallest absolute Gasteiger partial charge is 0.303 e.